The first-order valence-corrected chi connectivity index (χ1v) is 7.64. The Morgan fingerprint density at radius 3 is 2.45 bits per heavy atom. The Balaban J connectivity index is 2.94. The Morgan fingerprint density at radius 2 is 1.95 bits per heavy atom. The molecule has 0 saturated heterocycles. The second-order valence-corrected chi connectivity index (χ2v) is 6.20. The van der Waals surface area contributed by atoms with E-state index in [-0.39, 0.29) is 17.3 Å². The topological polar surface area (TPSA) is 99.7 Å². The highest BCUT2D eigenvalue weighted by molar-refractivity contribution is 7.89. The molecule has 0 unspecified atom stereocenters. The highest BCUT2D eigenvalue weighted by Gasteiger charge is 2.28. The zero-order valence-electron chi connectivity index (χ0n) is 12.1. The van der Waals surface area contributed by atoms with Crippen LogP contribution in [0.2, 0.25) is 0 Å². The third kappa shape index (κ3) is 4.17. The van der Waals surface area contributed by atoms with Crippen LogP contribution in [0.3, 0.4) is 0 Å². The minimum absolute atomic E-state index is 0.00154. The maximum Gasteiger partial charge on any atom is 0.248 e. The number of aromatic nitrogens is 2. The standard InChI is InChI=1S/C11H22N4O4S/c1-14-9-10(11(12)13-14)20(16,17)15(6-8-19-3)5-4-7-18-2/h9H,4-8H2,1-3H3,(H2,12,13). The van der Waals surface area contributed by atoms with E-state index in [0.717, 1.165) is 0 Å². The summed E-state index contributed by atoms with van der Waals surface area (Å²) >= 11 is 0. The van der Waals surface area contributed by atoms with E-state index in [1.807, 2.05) is 0 Å². The molecule has 0 radical (unpaired) electrons. The Morgan fingerprint density at radius 1 is 1.30 bits per heavy atom. The van der Waals surface area contributed by atoms with Crippen molar-refractivity contribution in [3.05, 3.63) is 6.20 Å². The molecule has 0 aliphatic heterocycles. The molecule has 0 saturated carbocycles. The molecule has 0 aliphatic rings. The molecular weight excluding hydrogens is 284 g/mol. The molecule has 0 atom stereocenters. The van der Waals surface area contributed by atoms with Crippen molar-refractivity contribution in [3.8, 4) is 0 Å². The van der Waals surface area contributed by atoms with Crippen molar-refractivity contribution in [1.29, 1.82) is 0 Å². The van der Waals surface area contributed by atoms with E-state index in [2.05, 4.69) is 5.10 Å². The van der Waals surface area contributed by atoms with Gasteiger partial charge in [0.1, 0.15) is 4.90 Å². The lowest BCUT2D eigenvalue weighted by molar-refractivity contribution is 0.164. The summed E-state index contributed by atoms with van der Waals surface area (Å²) in [6.45, 7) is 1.40. The largest absolute Gasteiger partial charge is 0.385 e. The van der Waals surface area contributed by atoms with Crippen LogP contribution in [0.1, 0.15) is 6.42 Å². The van der Waals surface area contributed by atoms with Gasteiger partial charge in [-0.1, -0.05) is 0 Å². The molecule has 1 heterocycles. The number of hydrogen-bond donors (Lipinski definition) is 1. The molecule has 116 valence electrons. The molecule has 0 amide bonds. The van der Waals surface area contributed by atoms with Crippen molar-refractivity contribution >= 4 is 15.8 Å². The molecule has 20 heavy (non-hydrogen) atoms. The average Bonchev–Trinajstić information content (AvgIpc) is 2.73. The highest BCUT2D eigenvalue weighted by atomic mass is 32.2. The van der Waals surface area contributed by atoms with E-state index in [4.69, 9.17) is 15.2 Å². The van der Waals surface area contributed by atoms with Crippen LogP contribution in [-0.2, 0) is 26.5 Å². The first-order valence-electron chi connectivity index (χ1n) is 6.20. The van der Waals surface area contributed by atoms with Crippen LogP contribution in [0.5, 0.6) is 0 Å². The molecule has 1 rings (SSSR count). The fraction of sp³-hybridized carbons (Fsp3) is 0.727. The van der Waals surface area contributed by atoms with Crippen molar-refractivity contribution in [3.63, 3.8) is 0 Å². The average molecular weight is 306 g/mol. The molecule has 0 bridgehead atoms. The SMILES string of the molecule is COCCCN(CCOC)S(=O)(=O)c1cn(C)nc1N. The molecule has 8 nitrogen and oxygen atoms in total. The van der Waals surface area contributed by atoms with Gasteiger partial charge in [-0.15, -0.1) is 0 Å². The normalized spacial score (nSPS) is 12.2. The van der Waals surface area contributed by atoms with E-state index in [1.54, 1.807) is 14.2 Å². The summed E-state index contributed by atoms with van der Waals surface area (Å²) in [4.78, 5) is 0.0218. The summed E-state index contributed by atoms with van der Waals surface area (Å²) in [5.41, 5.74) is 5.66. The Hall–Kier alpha value is -1.16. The van der Waals surface area contributed by atoms with Gasteiger partial charge in [0, 0.05) is 47.2 Å². The quantitative estimate of drug-likeness (QED) is 0.627. The number of nitrogens with two attached hydrogens (primary N) is 1. The molecule has 0 fully saturated rings. The van der Waals surface area contributed by atoms with E-state index >= 15 is 0 Å². The number of nitrogens with zero attached hydrogens (tertiary/aromatic N) is 3. The minimum atomic E-state index is -3.67. The van der Waals surface area contributed by atoms with Gasteiger partial charge in [0.15, 0.2) is 5.82 Å². The first kappa shape index (κ1) is 16.9. The number of nitrogen functional groups attached to an aromatic ring is 1. The van der Waals surface area contributed by atoms with Crippen LogP contribution >= 0.6 is 0 Å². The number of anilines is 1. The summed E-state index contributed by atoms with van der Waals surface area (Å²) in [7, 11) is 1.05. The lowest BCUT2D eigenvalue weighted by atomic mass is 10.4. The number of rotatable bonds is 9. The van der Waals surface area contributed by atoms with Gasteiger partial charge in [0.05, 0.1) is 6.61 Å². The molecule has 2 N–H and O–H groups in total. The van der Waals surface area contributed by atoms with Crippen molar-refractivity contribution in [2.24, 2.45) is 7.05 Å². The van der Waals surface area contributed by atoms with Gasteiger partial charge in [-0.2, -0.15) is 9.40 Å². The van der Waals surface area contributed by atoms with Crippen LogP contribution in [0.15, 0.2) is 11.1 Å². The van der Waals surface area contributed by atoms with E-state index in [0.29, 0.717) is 26.2 Å². The lowest BCUT2D eigenvalue weighted by Crippen LogP contribution is -2.35. The summed E-state index contributed by atoms with van der Waals surface area (Å²) in [6, 6.07) is 0. The second kappa shape index (κ2) is 7.58. The van der Waals surface area contributed by atoms with E-state index in [1.165, 1.54) is 22.3 Å². The zero-order chi connectivity index (χ0) is 15.2. The third-order valence-corrected chi connectivity index (χ3v) is 4.66. The molecule has 1 aromatic rings. The molecule has 0 spiro atoms. The predicted octanol–water partition coefficient (Wildman–Crippen LogP) is -0.324. The van der Waals surface area contributed by atoms with E-state index in [9.17, 15) is 8.42 Å². The summed E-state index contributed by atoms with van der Waals surface area (Å²) in [5, 5.41) is 3.87. The van der Waals surface area contributed by atoms with Crippen LogP contribution in [-0.4, -0.2) is 63.0 Å². The number of hydrogen-bond acceptors (Lipinski definition) is 6. The predicted molar refractivity (Wildman–Crippen MR) is 74.7 cm³/mol. The van der Waals surface area contributed by atoms with Crippen molar-refractivity contribution < 1.29 is 17.9 Å². The third-order valence-electron chi connectivity index (χ3n) is 2.74. The van der Waals surface area contributed by atoms with Gasteiger partial charge in [0.25, 0.3) is 0 Å². The molecule has 0 aliphatic carbocycles. The van der Waals surface area contributed by atoms with Crippen molar-refractivity contribution in [1.82, 2.24) is 14.1 Å². The number of sulfonamides is 1. The first-order chi connectivity index (χ1) is 9.43. The Bertz CT molecular complexity index is 514. The van der Waals surface area contributed by atoms with Crippen LogP contribution in [0, 0.1) is 0 Å². The maximum atomic E-state index is 12.6. The van der Waals surface area contributed by atoms with Crippen LogP contribution < -0.4 is 5.73 Å². The van der Waals surface area contributed by atoms with Gasteiger partial charge in [0.2, 0.25) is 10.0 Å². The monoisotopic (exact) mass is 306 g/mol. The smallest absolute Gasteiger partial charge is 0.248 e. The van der Waals surface area contributed by atoms with Crippen molar-refractivity contribution in [2.75, 3.05) is 46.3 Å². The fourth-order valence-electron chi connectivity index (χ4n) is 1.75. The summed E-state index contributed by atoms with van der Waals surface area (Å²) < 4.78 is 37.7. The van der Waals surface area contributed by atoms with Gasteiger partial charge < -0.3 is 15.2 Å². The van der Waals surface area contributed by atoms with Gasteiger partial charge in [-0.05, 0) is 6.42 Å². The molecular formula is C11H22N4O4S. The highest BCUT2D eigenvalue weighted by Crippen LogP contribution is 2.20. The fourth-order valence-corrected chi connectivity index (χ4v) is 3.31. The maximum absolute atomic E-state index is 12.6. The van der Waals surface area contributed by atoms with Crippen LogP contribution in [0.25, 0.3) is 0 Å². The zero-order valence-corrected chi connectivity index (χ0v) is 12.9. The second-order valence-electron chi connectivity index (χ2n) is 4.30. The number of ether oxygens (including phenoxy) is 2. The summed E-state index contributed by atoms with van der Waals surface area (Å²) in [5.74, 6) is 0.00154. The van der Waals surface area contributed by atoms with E-state index < -0.39 is 10.0 Å². The summed E-state index contributed by atoms with van der Waals surface area (Å²) in [6.07, 6.45) is 2.00. The molecule has 0 aromatic carbocycles. The van der Waals surface area contributed by atoms with Crippen LogP contribution in [0.4, 0.5) is 5.82 Å². The van der Waals surface area contributed by atoms with Gasteiger partial charge in [-0.25, -0.2) is 8.42 Å². The lowest BCUT2D eigenvalue weighted by Gasteiger charge is -2.21. The number of methoxy groups -OCH3 is 2. The molecule has 1 aromatic heterocycles. The Kier molecular flexibility index (Phi) is 6.40. The number of aryl methyl sites for hydroxylation is 1. The van der Waals surface area contributed by atoms with Crippen molar-refractivity contribution in [2.45, 2.75) is 11.3 Å². The minimum Gasteiger partial charge on any atom is -0.385 e. The molecule has 9 heteroatoms. The Labute approximate surface area is 119 Å². The van der Waals surface area contributed by atoms with Gasteiger partial charge in [-0.3, -0.25) is 4.68 Å². The van der Waals surface area contributed by atoms with Gasteiger partial charge >= 0.3 is 0 Å².